The van der Waals surface area contributed by atoms with Crippen LogP contribution in [0.5, 0.6) is 0 Å². The van der Waals surface area contributed by atoms with Gasteiger partial charge in [0, 0.05) is 11.5 Å². The maximum absolute atomic E-state index is 11.3. The summed E-state index contributed by atoms with van der Waals surface area (Å²) < 4.78 is 0. The third-order valence-corrected chi connectivity index (χ3v) is 2.73. The minimum Gasteiger partial charge on any atom is -0.345 e. The monoisotopic (exact) mass is 233 g/mol. The minimum absolute atomic E-state index is 0.119. The van der Waals surface area contributed by atoms with Crippen LogP contribution >= 0.6 is 11.6 Å². The molecule has 82 valence electrons. The van der Waals surface area contributed by atoms with Gasteiger partial charge in [0.15, 0.2) is 0 Å². The van der Waals surface area contributed by atoms with Gasteiger partial charge in [0.25, 0.3) is 0 Å². The fourth-order valence-electron chi connectivity index (χ4n) is 1.32. The molecule has 3 heteroatoms. The molecular formula is C13H12ClNO. The van der Waals surface area contributed by atoms with Crippen molar-refractivity contribution in [2.75, 3.05) is 6.54 Å². The molecule has 1 aromatic carbocycles. The van der Waals surface area contributed by atoms with Crippen LogP contribution in [0.1, 0.15) is 18.4 Å². The Kier molecular flexibility index (Phi) is 3.48. The first-order chi connectivity index (χ1) is 7.77. The number of hydrogen-bond acceptors (Lipinski definition) is 1. The third kappa shape index (κ3) is 3.01. The van der Waals surface area contributed by atoms with Crippen LogP contribution in [0, 0.1) is 17.8 Å². The highest BCUT2D eigenvalue weighted by molar-refractivity contribution is 6.31. The van der Waals surface area contributed by atoms with E-state index in [0.717, 1.165) is 18.4 Å². The van der Waals surface area contributed by atoms with Crippen molar-refractivity contribution >= 4 is 17.5 Å². The predicted molar refractivity (Wildman–Crippen MR) is 64.1 cm³/mol. The van der Waals surface area contributed by atoms with Crippen molar-refractivity contribution < 1.29 is 4.79 Å². The van der Waals surface area contributed by atoms with E-state index >= 15 is 0 Å². The zero-order valence-electron chi connectivity index (χ0n) is 8.79. The lowest BCUT2D eigenvalue weighted by molar-refractivity contribution is -0.122. The van der Waals surface area contributed by atoms with Crippen LogP contribution < -0.4 is 5.32 Å². The molecule has 1 aliphatic rings. The topological polar surface area (TPSA) is 29.1 Å². The summed E-state index contributed by atoms with van der Waals surface area (Å²) in [6, 6.07) is 7.41. The summed E-state index contributed by atoms with van der Waals surface area (Å²) in [6.45, 7) is 0.389. The Labute approximate surface area is 100.0 Å². The van der Waals surface area contributed by atoms with Gasteiger partial charge in [0.1, 0.15) is 0 Å². The average Bonchev–Trinajstić information content (AvgIpc) is 3.10. The van der Waals surface area contributed by atoms with Crippen molar-refractivity contribution in [2.24, 2.45) is 5.92 Å². The predicted octanol–water partition coefficient (Wildman–Crippen LogP) is 2.22. The van der Waals surface area contributed by atoms with Crippen LogP contribution in [0.15, 0.2) is 24.3 Å². The van der Waals surface area contributed by atoms with E-state index in [1.54, 1.807) is 6.07 Å². The largest absolute Gasteiger partial charge is 0.345 e. The number of benzene rings is 1. The van der Waals surface area contributed by atoms with E-state index in [-0.39, 0.29) is 11.8 Å². The Bertz CT molecular complexity index is 454. The Morgan fingerprint density at radius 2 is 2.19 bits per heavy atom. The van der Waals surface area contributed by atoms with Crippen molar-refractivity contribution in [3.63, 3.8) is 0 Å². The van der Waals surface area contributed by atoms with Crippen molar-refractivity contribution in [2.45, 2.75) is 12.8 Å². The normalized spacial score (nSPS) is 13.8. The highest BCUT2D eigenvalue weighted by Gasteiger charge is 2.28. The van der Waals surface area contributed by atoms with Gasteiger partial charge in [-0.15, -0.1) is 0 Å². The second-order valence-corrected chi connectivity index (χ2v) is 4.18. The van der Waals surface area contributed by atoms with E-state index in [1.807, 2.05) is 18.2 Å². The van der Waals surface area contributed by atoms with E-state index in [0.29, 0.717) is 11.6 Å². The van der Waals surface area contributed by atoms with E-state index in [4.69, 9.17) is 11.6 Å². The molecule has 0 saturated heterocycles. The number of rotatable bonds is 2. The summed E-state index contributed by atoms with van der Waals surface area (Å²) in [7, 11) is 0. The molecule has 1 aromatic rings. The highest BCUT2D eigenvalue weighted by Crippen LogP contribution is 2.28. The molecule has 1 amide bonds. The van der Waals surface area contributed by atoms with Crippen molar-refractivity contribution in [1.29, 1.82) is 0 Å². The number of carbonyl (C=O) groups is 1. The van der Waals surface area contributed by atoms with Crippen LogP contribution in [0.25, 0.3) is 0 Å². The summed E-state index contributed by atoms with van der Waals surface area (Å²) in [5.41, 5.74) is 0.796. The van der Waals surface area contributed by atoms with E-state index in [9.17, 15) is 4.79 Å². The molecule has 2 rings (SSSR count). The summed E-state index contributed by atoms with van der Waals surface area (Å²) in [4.78, 5) is 11.3. The number of carbonyl (C=O) groups excluding carboxylic acids is 1. The second kappa shape index (κ2) is 5.05. The van der Waals surface area contributed by atoms with Crippen LogP contribution in [0.3, 0.4) is 0 Å². The fourth-order valence-corrected chi connectivity index (χ4v) is 1.51. The van der Waals surface area contributed by atoms with Crippen LogP contribution in [-0.4, -0.2) is 12.5 Å². The standard InChI is InChI=1S/C13H12ClNO/c14-12-6-2-1-4-10(12)5-3-9-15-13(16)11-7-8-11/h1-2,4,6,11H,7-9H2,(H,15,16). The van der Waals surface area contributed by atoms with Crippen LogP contribution in [-0.2, 0) is 4.79 Å². The summed E-state index contributed by atoms with van der Waals surface area (Å²) >= 11 is 5.94. The molecule has 1 saturated carbocycles. The molecule has 0 radical (unpaired) electrons. The Morgan fingerprint density at radius 3 is 2.88 bits per heavy atom. The van der Waals surface area contributed by atoms with E-state index in [2.05, 4.69) is 17.2 Å². The summed E-state index contributed by atoms with van der Waals surface area (Å²) in [5, 5.41) is 3.42. The van der Waals surface area contributed by atoms with Gasteiger partial charge in [0.2, 0.25) is 5.91 Å². The van der Waals surface area contributed by atoms with Gasteiger partial charge >= 0.3 is 0 Å². The number of nitrogens with one attached hydrogen (secondary N) is 1. The molecule has 0 heterocycles. The van der Waals surface area contributed by atoms with Crippen molar-refractivity contribution in [3.8, 4) is 11.8 Å². The minimum atomic E-state index is 0.119. The van der Waals surface area contributed by atoms with Gasteiger partial charge in [0.05, 0.1) is 11.6 Å². The quantitative estimate of drug-likeness (QED) is 0.780. The van der Waals surface area contributed by atoms with Gasteiger partial charge in [-0.3, -0.25) is 4.79 Å². The maximum Gasteiger partial charge on any atom is 0.223 e. The molecule has 0 aliphatic heterocycles. The zero-order chi connectivity index (χ0) is 11.4. The number of hydrogen-bond donors (Lipinski definition) is 1. The fraction of sp³-hybridized carbons (Fsp3) is 0.308. The van der Waals surface area contributed by atoms with Crippen LogP contribution in [0.4, 0.5) is 0 Å². The molecule has 2 nitrogen and oxygen atoms in total. The lowest BCUT2D eigenvalue weighted by Gasteiger charge is -1.97. The van der Waals surface area contributed by atoms with Gasteiger partial charge in [-0.2, -0.15) is 0 Å². The molecule has 1 aliphatic carbocycles. The van der Waals surface area contributed by atoms with Crippen molar-refractivity contribution in [1.82, 2.24) is 5.32 Å². The summed E-state index contributed by atoms with van der Waals surface area (Å²) in [6.07, 6.45) is 2.04. The lowest BCUT2D eigenvalue weighted by atomic mass is 10.2. The third-order valence-electron chi connectivity index (χ3n) is 2.40. The molecule has 0 atom stereocenters. The molecule has 0 aromatic heterocycles. The van der Waals surface area contributed by atoms with Crippen molar-refractivity contribution in [3.05, 3.63) is 34.9 Å². The Balaban J connectivity index is 1.85. The molecule has 0 unspecified atom stereocenters. The molecule has 1 N–H and O–H groups in total. The molecular weight excluding hydrogens is 222 g/mol. The SMILES string of the molecule is O=C(NCC#Cc1ccccc1Cl)C1CC1. The van der Waals surface area contributed by atoms with E-state index < -0.39 is 0 Å². The summed E-state index contributed by atoms with van der Waals surface area (Å²) in [5.74, 6) is 6.18. The molecule has 16 heavy (non-hydrogen) atoms. The van der Waals surface area contributed by atoms with Gasteiger partial charge in [-0.1, -0.05) is 35.6 Å². The van der Waals surface area contributed by atoms with E-state index in [1.165, 1.54) is 0 Å². The second-order valence-electron chi connectivity index (χ2n) is 3.77. The first-order valence-corrected chi connectivity index (χ1v) is 5.66. The Hall–Kier alpha value is -1.46. The Morgan fingerprint density at radius 1 is 1.44 bits per heavy atom. The first kappa shape index (κ1) is 11.0. The number of amides is 1. The molecule has 0 spiro atoms. The highest BCUT2D eigenvalue weighted by atomic mass is 35.5. The van der Waals surface area contributed by atoms with Gasteiger partial charge in [-0.05, 0) is 25.0 Å². The molecule has 1 fully saturated rings. The lowest BCUT2D eigenvalue weighted by Crippen LogP contribution is -2.24. The van der Waals surface area contributed by atoms with Crippen LogP contribution in [0.2, 0.25) is 5.02 Å². The first-order valence-electron chi connectivity index (χ1n) is 5.28. The zero-order valence-corrected chi connectivity index (χ0v) is 9.55. The smallest absolute Gasteiger partial charge is 0.223 e. The molecule has 0 bridgehead atoms. The van der Waals surface area contributed by atoms with Gasteiger partial charge in [-0.25, -0.2) is 0 Å². The maximum atomic E-state index is 11.3. The average molecular weight is 234 g/mol. The number of halogens is 1. The van der Waals surface area contributed by atoms with Gasteiger partial charge < -0.3 is 5.32 Å².